The van der Waals surface area contributed by atoms with Crippen LogP contribution in [0.5, 0.6) is 0 Å². The van der Waals surface area contributed by atoms with Gasteiger partial charge in [0.15, 0.2) is 0 Å². The molecule has 2 heteroatoms. The Morgan fingerprint density at radius 3 is 2.24 bits per heavy atom. The highest BCUT2D eigenvalue weighted by molar-refractivity contribution is 5.48. The summed E-state index contributed by atoms with van der Waals surface area (Å²) >= 11 is 0. The third-order valence-corrected chi connectivity index (χ3v) is 5.09. The molecule has 1 aromatic carbocycles. The van der Waals surface area contributed by atoms with Crippen molar-refractivity contribution in [2.24, 2.45) is 5.92 Å². The third-order valence-electron chi connectivity index (χ3n) is 5.09. The lowest BCUT2D eigenvalue weighted by Crippen LogP contribution is -2.34. The highest BCUT2D eigenvalue weighted by Crippen LogP contribution is 2.30. The first-order valence-corrected chi connectivity index (χ1v) is 8.71. The molecule has 1 N–H and O–H groups in total. The van der Waals surface area contributed by atoms with Gasteiger partial charge in [0, 0.05) is 24.8 Å². The zero-order chi connectivity index (χ0) is 15.2. The Kier molecular flexibility index (Phi) is 6.10. The fraction of sp³-hybridized carbons (Fsp3) is 0.684. The summed E-state index contributed by atoms with van der Waals surface area (Å²) in [6.07, 6.45) is 6.59. The molecule has 1 aliphatic carbocycles. The van der Waals surface area contributed by atoms with E-state index in [1.54, 1.807) is 0 Å². The van der Waals surface area contributed by atoms with Crippen molar-refractivity contribution in [3.05, 3.63) is 29.8 Å². The van der Waals surface area contributed by atoms with Crippen LogP contribution in [0, 0.1) is 5.92 Å². The molecule has 0 heterocycles. The molecule has 1 aliphatic rings. The highest BCUT2D eigenvalue weighted by atomic mass is 15.1. The molecule has 1 unspecified atom stereocenters. The van der Waals surface area contributed by atoms with E-state index in [0.29, 0.717) is 6.04 Å². The number of anilines is 1. The first-order valence-electron chi connectivity index (χ1n) is 8.71. The monoisotopic (exact) mass is 288 g/mol. The molecule has 0 aliphatic heterocycles. The Morgan fingerprint density at radius 1 is 1.10 bits per heavy atom. The van der Waals surface area contributed by atoms with Gasteiger partial charge in [0.25, 0.3) is 0 Å². The number of nitrogens with one attached hydrogen (secondary N) is 1. The molecular weight excluding hydrogens is 256 g/mol. The largest absolute Gasteiger partial charge is 0.372 e. The minimum atomic E-state index is 0.491. The number of nitrogens with zero attached hydrogens (tertiary/aromatic N) is 1. The van der Waals surface area contributed by atoms with Crippen LogP contribution in [-0.2, 0) is 0 Å². The van der Waals surface area contributed by atoms with Gasteiger partial charge >= 0.3 is 0 Å². The minimum Gasteiger partial charge on any atom is -0.372 e. The Hall–Kier alpha value is -1.02. The molecule has 0 aromatic heterocycles. The summed E-state index contributed by atoms with van der Waals surface area (Å²) in [4.78, 5) is 2.49. The fourth-order valence-corrected chi connectivity index (χ4v) is 3.53. The third kappa shape index (κ3) is 4.23. The molecule has 21 heavy (non-hydrogen) atoms. The predicted octanol–water partition coefficient (Wildman–Crippen LogP) is 4.76. The van der Waals surface area contributed by atoms with Gasteiger partial charge in [0.2, 0.25) is 0 Å². The summed E-state index contributed by atoms with van der Waals surface area (Å²) in [5.74, 6) is 0.919. The minimum absolute atomic E-state index is 0.491. The van der Waals surface area contributed by atoms with Gasteiger partial charge in [-0.3, -0.25) is 0 Å². The number of benzene rings is 1. The Morgan fingerprint density at radius 2 is 1.71 bits per heavy atom. The van der Waals surface area contributed by atoms with E-state index in [-0.39, 0.29) is 0 Å². The van der Waals surface area contributed by atoms with E-state index in [4.69, 9.17) is 0 Å². The molecule has 2 nitrogen and oxygen atoms in total. The van der Waals surface area contributed by atoms with Crippen molar-refractivity contribution in [1.82, 2.24) is 5.32 Å². The molecule has 0 radical (unpaired) electrons. The van der Waals surface area contributed by atoms with E-state index < -0.39 is 0 Å². The van der Waals surface area contributed by atoms with E-state index in [0.717, 1.165) is 24.9 Å². The summed E-state index contributed by atoms with van der Waals surface area (Å²) < 4.78 is 0. The van der Waals surface area contributed by atoms with Crippen molar-refractivity contribution in [3.63, 3.8) is 0 Å². The first-order chi connectivity index (χ1) is 10.2. The van der Waals surface area contributed by atoms with Gasteiger partial charge in [0.1, 0.15) is 0 Å². The molecule has 0 spiro atoms. The molecule has 1 fully saturated rings. The molecule has 118 valence electrons. The van der Waals surface area contributed by atoms with Crippen molar-refractivity contribution in [2.75, 3.05) is 18.5 Å². The maximum atomic E-state index is 3.55. The Labute approximate surface area is 130 Å². The number of rotatable bonds is 6. The molecule has 0 bridgehead atoms. The molecule has 1 saturated carbocycles. The van der Waals surface area contributed by atoms with Gasteiger partial charge in [-0.1, -0.05) is 32.9 Å². The smallest absolute Gasteiger partial charge is 0.0366 e. The van der Waals surface area contributed by atoms with E-state index in [2.05, 4.69) is 62.3 Å². The molecule has 0 amide bonds. The van der Waals surface area contributed by atoms with Crippen molar-refractivity contribution >= 4 is 5.69 Å². The predicted molar refractivity (Wildman–Crippen MR) is 93.0 cm³/mol. The van der Waals surface area contributed by atoms with E-state index in [9.17, 15) is 0 Å². The fourth-order valence-electron chi connectivity index (χ4n) is 3.53. The van der Waals surface area contributed by atoms with Gasteiger partial charge in [0.05, 0.1) is 0 Å². The second-order valence-corrected chi connectivity index (χ2v) is 6.63. The van der Waals surface area contributed by atoms with Crippen molar-refractivity contribution in [3.8, 4) is 0 Å². The SMILES string of the molecule is CCNC(CC)c1ccc(N(C)C2CCC(C)CC2)cc1. The zero-order valence-electron chi connectivity index (χ0n) is 14.2. The summed E-state index contributed by atoms with van der Waals surface area (Å²) in [5.41, 5.74) is 2.78. The van der Waals surface area contributed by atoms with Crippen LogP contribution < -0.4 is 10.2 Å². The summed E-state index contributed by atoms with van der Waals surface area (Å²) in [6.45, 7) is 7.84. The average Bonchev–Trinajstić information content (AvgIpc) is 2.53. The topological polar surface area (TPSA) is 15.3 Å². The first kappa shape index (κ1) is 16.4. The lowest BCUT2D eigenvalue weighted by Gasteiger charge is -2.35. The molecule has 0 saturated heterocycles. The van der Waals surface area contributed by atoms with E-state index in [1.165, 1.54) is 36.9 Å². The Bertz CT molecular complexity index is 404. The summed E-state index contributed by atoms with van der Waals surface area (Å²) in [5, 5.41) is 3.55. The standard InChI is InChI=1S/C19H32N2/c1-5-19(20-6-2)16-9-13-18(14-10-16)21(4)17-11-7-15(3)8-12-17/h9-10,13-15,17,19-20H,5-8,11-12H2,1-4H3. The average molecular weight is 288 g/mol. The molecule has 2 rings (SSSR count). The van der Waals surface area contributed by atoms with Crippen LogP contribution in [0.1, 0.15) is 64.5 Å². The van der Waals surface area contributed by atoms with Crippen molar-refractivity contribution in [2.45, 2.75) is 65.0 Å². The van der Waals surface area contributed by atoms with Gasteiger partial charge in [-0.05, 0) is 62.3 Å². The molecule has 1 atom stereocenters. The van der Waals surface area contributed by atoms with Crippen LogP contribution in [0.4, 0.5) is 5.69 Å². The second-order valence-electron chi connectivity index (χ2n) is 6.63. The van der Waals surface area contributed by atoms with Gasteiger partial charge in [-0.2, -0.15) is 0 Å². The van der Waals surface area contributed by atoms with E-state index >= 15 is 0 Å². The maximum absolute atomic E-state index is 3.55. The van der Waals surface area contributed by atoms with E-state index in [1.807, 2.05) is 0 Å². The lowest BCUT2D eigenvalue weighted by atomic mass is 9.86. The van der Waals surface area contributed by atoms with Gasteiger partial charge in [-0.15, -0.1) is 0 Å². The molecule has 1 aromatic rings. The highest BCUT2D eigenvalue weighted by Gasteiger charge is 2.22. The van der Waals surface area contributed by atoms with Crippen LogP contribution in [-0.4, -0.2) is 19.6 Å². The van der Waals surface area contributed by atoms with Crippen LogP contribution >= 0.6 is 0 Å². The van der Waals surface area contributed by atoms with Gasteiger partial charge in [-0.25, -0.2) is 0 Å². The second kappa shape index (κ2) is 7.84. The normalized spacial score (nSPS) is 23.8. The summed E-state index contributed by atoms with van der Waals surface area (Å²) in [7, 11) is 2.26. The van der Waals surface area contributed by atoms with Crippen LogP contribution in [0.15, 0.2) is 24.3 Å². The number of hydrogen-bond acceptors (Lipinski definition) is 2. The Balaban J connectivity index is 2.00. The van der Waals surface area contributed by atoms with Crippen LogP contribution in [0.3, 0.4) is 0 Å². The maximum Gasteiger partial charge on any atom is 0.0366 e. The van der Waals surface area contributed by atoms with Gasteiger partial charge < -0.3 is 10.2 Å². The lowest BCUT2D eigenvalue weighted by molar-refractivity contribution is 0.341. The zero-order valence-corrected chi connectivity index (χ0v) is 14.2. The quantitative estimate of drug-likeness (QED) is 0.811. The van der Waals surface area contributed by atoms with Crippen LogP contribution in [0.25, 0.3) is 0 Å². The molecular formula is C19H32N2. The van der Waals surface area contributed by atoms with Crippen molar-refractivity contribution < 1.29 is 0 Å². The van der Waals surface area contributed by atoms with Crippen LogP contribution in [0.2, 0.25) is 0 Å². The summed E-state index contributed by atoms with van der Waals surface area (Å²) in [6, 6.07) is 10.4. The van der Waals surface area contributed by atoms with Crippen molar-refractivity contribution in [1.29, 1.82) is 0 Å². The number of hydrogen-bond donors (Lipinski definition) is 1.